The lowest BCUT2D eigenvalue weighted by atomic mass is 9.94. The molecule has 0 bridgehead atoms. The maximum absolute atomic E-state index is 13.8. The van der Waals surface area contributed by atoms with Crippen molar-refractivity contribution in [2.24, 2.45) is 0 Å². The topological polar surface area (TPSA) is 84.9 Å². The number of hydrogen-bond acceptors (Lipinski definition) is 4. The zero-order valence-corrected chi connectivity index (χ0v) is 17.3. The number of anilines is 1. The van der Waals surface area contributed by atoms with Crippen LogP contribution < -0.4 is 14.8 Å². The van der Waals surface area contributed by atoms with Gasteiger partial charge >= 0.3 is 5.97 Å². The van der Waals surface area contributed by atoms with Gasteiger partial charge in [0.25, 0.3) is 0 Å². The van der Waals surface area contributed by atoms with Crippen LogP contribution in [0.4, 0.5) is 10.1 Å². The number of carbonyl (C=O) groups is 2. The van der Waals surface area contributed by atoms with Gasteiger partial charge in [-0.15, -0.1) is 0 Å². The van der Waals surface area contributed by atoms with Crippen LogP contribution in [0.1, 0.15) is 35.8 Å². The molecule has 0 spiro atoms. The van der Waals surface area contributed by atoms with E-state index < -0.39 is 22.8 Å². The fourth-order valence-electron chi connectivity index (χ4n) is 4.08. The fourth-order valence-corrected chi connectivity index (χ4v) is 4.08. The van der Waals surface area contributed by atoms with Crippen molar-refractivity contribution in [2.45, 2.75) is 25.2 Å². The quantitative estimate of drug-likeness (QED) is 0.579. The lowest BCUT2D eigenvalue weighted by Gasteiger charge is -2.17. The summed E-state index contributed by atoms with van der Waals surface area (Å²) in [6, 6.07) is 15.0. The summed E-state index contributed by atoms with van der Waals surface area (Å²) in [5.41, 5.74) is 2.63. The van der Waals surface area contributed by atoms with Crippen LogP contribution >= 0.6 is 0 Å². The molecule has 3 aromatic rings. The first-order valence-corrected chi connectivity index (χ1v) is 10.2. The Labute approximate surface area is 185 Å². The molecule has 1 aliphatic heterocycles. The summed E-state index contributed by atoms with van der Waals surface area (Å²) in [6.07, 6.45) is 1.47. The van der Waals surface area contributed by atoms with Gasteiger partial charge in [0.15, 0.2) is 11.5 Å². The Hall–Kier alpha value is -3.87. The minimum absolute atomic E-state index is 0. The van der Waals surface area contributed by atoms with E-state index in [0.29, 0.717) is 22.7 Å². The molecular weight excluding hydrogens is 413 g/mol. The van der Waals surface area contributed by atoms with E-state index >= 15 is 0 Å². The van der Waals surface area contributed by atoms with Crippen molar-refractivity contribution in [1.29, 1.82) is 0 Å². The molecule has 7 heteroatoms. The molecule has 0 radical (unpaired) electrons. The highest BCUT2D eigenvalue weighted by molar-refractivity contribution is 6.02. The van der Waals surface area contributed by atoms with Gasteiger partial charge in [-0.25, -0.2) is 9.18 Å². The van der Waals surface area contributed by atoms with Gasteiger partial charge in [0.2, 0.25) is 12.7 Å². The van der Waals surface area contributed by atoms with Gasteiger partial charge in [-0.2, -0.15) is 0 Å². The predicted octanol–water partition coefficient (Wildman–Crippen LogP) is 5.14. The Morgan fingerprint density at radius 3 is 2.56 bits per heavy atom. The maximum Gasteiger partial charge on any atom is 0.338 e. The highest BCUT2D eigenvalue weighted by atomic mass is 19.1. The van der Waals surface area contributed by atoms with Crippen LogP contribution in [0.3, 0.4) is 0 Å². The van der Waals surface area contributed by atoms with E-state index in [1.165, 1.54) is 12.1 Å². The molecule has 32 heavy (non-hydrogen) atoms. The second-order valence-electron chi connectivity index (χ2n) is 8.13. The lowest BCUT2D eigenvalue weighted by Crippen LogP contribution is -2.27. The van der Waals surface area contributed by atoms with Gasteiger partial charge in [0.05, 0.1) is 11.0 Å². The highest BCUT2D eigenvalue weighted by Crippen LogP contribution is 2.51. The molecule has 0 atom stereocenters. The van der Waals surface area contributed by atoms with E-state index in [4.69, 9.17) is 9.47 Å². The van der Waals surface area contributed by atoms with E-state index in [1.807, 2.05) is 31.2 Å². The summed E-state index contributed by atoms with van der Waals surface area (Å²) in [5, 5.41) is 12.2. The van der Waals surface area contributed by atoms with E-state index in [2.05, 4.69) is 5.32 Å². The summed E-state index contributed by atoms with van der Waals surface area (Å²) in [5.74, 6) is -0.914. The predicted molar refractivity (Wildman–Crippen MR) is 118 cm³/mol. The molecule has 164 valence electrons. The number of benzene rings is 3. The van der Waals surface area contributed by atoms with Crippen molar-refractivity contribution in [3.05, 3.63) is 77.1 Å². The largest absolute Gasteiger partial charge is 0.478 e. The fraction of sp³-hybridized carbons (Fsp3) is 0.200. The highest BCUT2D eigenvalue weighted by Gasteiger charge is 2.51. The number of carboxylic acids is 1. The van der Waals surface area contributed by atoms with E-state index in [9.17, 15) is 19.1 Å². The number of hydrogen-bond donors (Lipinski definition) is 2. The number of rotatable bonds is 5. The third kappa shape index (κ3) is 3.36. The Morgan fingerprint density at radius 2 is 1.81 bits per heavy atom. The third-order valence-electron chi connectivity index (χ3n) is 6.11. The van der Waals surface area contributed by atoms with E-state index in [1.54, 1.807) is 12.1 Å². The molecule has 1 heterocycles. The van der Waals surface area contributed by atoms with Gasteiger partial charge < -0.3 is 19.9 Å². The first-order valence-electron chi connectivity index (χ1n) is 10.2. The Balaban J connectivity index is 0.00000259. The summed E-state index contributed by atoms with van der Waals surface area (Å²) in [7, 11) is 0. The Bertz CT molecular complexity index is 1270. The SMILES string of the molecule is Cc1ccc(NC(=O)C2(c3ccc4c(c3)OCO4)CC2)cc1-c1ccc(F)c(C(=O)O)c1.[HH]. The van der Waals surface area contributed by atoms with Crippen LogP contribution in [0.2, 0.25) is 0 Å². The molecule has 0 unspecified atom stereocenters. The number of halogens is 1. The molecule has 6 nitrogen and oxygen atoms in total. The van der Waals surface area contributed by atoms with Crippen molar-refractivity contribution >= 4 is 17.6 Å². The van der Waals surface area contributed by atoms with Crippen LogP contribution in [-0.4, -0.2) is 23.8 Å². The molecular formula is C25H22FNO5. The van der Waals surface area contributed by atoms with Crippen LogP contribution in [0.5, 0.6) is 11.5 Å². The summed E-state index contributed by atoms with van der Waals surface area (Å²) >= 11 is 0. The van der Waals surface area contributed by atoms with Gasteiger partial charge in [-0.1, -0.05) is 18.2 Å². The molecule has 2 N–H and O–H groups in total. The molecule has 5 rings (SSSR count). The number of aryl methyl sites for hydroxylation is 1. The van der Waals surface area contributed by atoms with Gasteiger partial charge in [-0.05, 0) is 78.4 Å². The van der Waals surface area contributed by atoms with E-state index in [-0.39, 0.29) is 14.1 Å². The van der Waals surface area contributed by atoms with Crippen LogP contribution in [0.15, 0.2) is 54.6 Å². The van der Waals surface area contributed by atoms with Crippen molar-refractivity contribution < 1.29 is 30.0 Å². The van der Waals surface area contributed by atoms with Crippen LogP contribution in [0.25, 0.3) is 11.1 Å². The van der Waals surface area contributed by atoms with E-state index in [0.717, 1.165) is 35.6 Å². The van der Waals surface area contributed by atoms with Crippen molar-refractivity contribution in [3.8, 4) is 22.6 Å². The van der Waals surface area contributed by atoms with Crippen molar-refractivity contribution in [2.75, 3.05) is 12.1 Å². The number of fused-ring (bicyclic) bond motifs is 1. The van der Waals surface area contributed by atoms with Crippen LogP contribution in [0, 0.1) is 12.7 Å². The summed E-state index contributed by atoms with van der Waals surface area (Å²) in [6.45, 7) is 2.05. The van der Waals surface area contributed by atoms with Crippen LogP contribution in [-0.2, 0) is 10.2 Å². The molecule has 1 saturated carbocycles. The zero-order valence-electron chi connectivity index (χ0n) is 17.3. The molecule has 3 aromatic carbocycles. The minimum atomic E-state index is -1.33. The molecule has 2 aliphatic rings. The average molecular weight is 435 g/mol. The number of amides is 1. The molecule has 0 saturated heterocycles. The Morgan fingerprint density at radius 1 is 1.03 bits per heavy atom. The maximum atomic E-state index is 13.8. The number of aromatic carboxylic acids is 1. The first-order chi connectivity index (χ1) is 15.4. The zero-order chi connectivity index (χ0) is 22.5. The lowest BCUT2D eigenvalue weighted by molar-refractivity contribution is -0.118. The Kier molecular flexibility index (Phi) is 4.62. The second kappa shape index (κ2) is 7.37. The number of ether oxygens (including phenoxy) is 2. The number of nitrogens with one attached hydrogen (secondary N) is 1. The van der Waals surface area contributed by atoms with Crippen molar-refractivity contribution in [1.82, 2.24) is 0 Å². The molecule has 1 fully saturated rings. The standard InChI is InChI=1S/C25H20FNO5.H2/c1-14-2-5-17(12-18(14)15-3-6-20(26)19(10-15)23(28)29)27-24(30)25(8-9-25)16-4-7-21-22(11-16)32-13-31-21;/h2-7,10-12H,8-9,13H2,1H3,(H,27,30)(H,28,29);1H. The minimum Gasteiger partial charge on any atom is -0.478 e. The van der Waals surface area contributed by atoms with Gasteiger partial charge in [0.1, 0.15) is 5.82 Å². The van der Waals surface area contributed by atoms with Gasteiger partial charge in [-0.3, -0.25) is 4.79 Å². The van der Waals surface area contributed by atoms with Crippen molar-refractivity contribution in [3.63, 3.8) is 0 Å². The number of carbonyl (C=O) groups excluding carboxylic acids is 1. The van der Waals surface area contributed by atoms with Gasteiger partial charge in [0, 0.05) is 7.11 Å². The second-order valence-corrected chi connectivity index (χ2v) is 8.13. The molecule has 1 amide bonds. The smallest absolute Gasteiger partial charge is 0.338 e. The summed E-state index contributed by atoms with van der Waals surface area (Å²) < 4.78 is 24.6. The summed E-state index contributed by atoms with van der Waals surface area (Å²) in [4.78, 5) is 24.5. The number of carboxylic acid groups (broad SMARTS) is 1. The average Bonchev–Trinajstić information content (AvgIpc) is 3.46. The monoisotopic (exact) mass is 435 g/mol. The molecule has 1 aliphatic carbocycles. The first kappa shape index (κ1) is 20.1. The normalized spacial score (nSPS) is 15.3. The third-order valence-corrected chi connectivity index (χ3v) is 6.11. The molecule has 0 aromatic heterocycles.